The molecular weight excluding hydrogens is 306 g/mol. The maximum Gasteiger partial charge on any atom is 0.421 e. The van der Waals surface area contributed by atoms with Gasteiger partial charge in [-0.25, -0.2) is 9.69 Å². The van der Waals surface area contributed by atoms with Crippen molar-refractivity contribution in [3.05, 3.63) is 35.9 Å². The molecule has 1 amide bonds. The predicted molar refractivity (Wildman–Crippen MR) is 89.8 cm³/mol. The number of rotatable bonds is 2. The maximum atomic E-state index is 12.2. The van der Waals surface area contributed by atoms with Crippen molar-refractivity contribution in [1.82, 2.24) is 4.90 Å². The number of ether oxygens (including phenoxy) is 2. The van der Waals surface area contributed by atoms with Gasteiger partial charge in [-0.3, -0.25) is 4.79 Å². The van der Waals surface area contributed by atoms with Gasteiger partial charge in [0.15, 0.2) is 0 Å². The summed E-state index contributed by atoms with van der Waals surface area (Å²) in [6.07, 6.45) is 3.60. The second-order valence-corrected chi connectivity index (χ2v) is 5.62. The van der Waals surface area contributed by atoms with E-state index in [1.165, 1.54) is 4.90 Å². The SMILES string of the molecule is O=C1CCCC#CN(C(=O)OCc2ccccc2)CCCCCO1. The number of cyclic esters (lactones) is 1. The molecule has 1 aliphatic rings. The van der Waals surface area contributed by atoms with E-state index in [9.17, 15) is 9.59 Å². The molecule has 2 rings (SSSR count). The van der Waals surface area contributed by atoms with E-state index in [1.807, 2.05) is 30.3 Å². The highest BCUT2D eigenvalue weighted by molar-refractivity contribution is 5.70. The van der Waals surface area contributed by atoms with E-state index in [1.54, 1.807) is 0 Å². The number of benzene rings is 1. The van der Waals surface area contributed by atoms with Crippen molar-refractivity contribution in [3.63, 3.8) is 0 Å². The van der Waals surface area contributed by atoms with Crippen LogP contribution < -0.4 is 0 Å². The summed E-state index contributed by atoms with van der Waals surface area (Å²) in [5, 5.41) is 0. The number of nitrogens with zero attached hydrogens (tertiary/aromatic N) is 1. The minimum absolute atomic E-state index is 0.171. The third-order valence-corrected chi connectivity index (χ3v) is 3.61. The van der Waals surface area contributed by atoms with E-state index in [-0.39, 0.29) is 12.6 Å². The first kappa shape index (κ1) is 17.9. The summed E-state index contributed by atoms with van der Waals surface area (Å²) in [5.41, 5.74) is 0.945. The van der Waals surface area contributed by atoms with Gasteiger partial charge in [0.1, 0.15) is 6.61 Å². The summed E-state index contributed by atoms with van der Waals surface area (Å²) in [7, 11) is 0. The topological polar surface area (TPSA) is 55.8 Å². The Morgan fingerprint density at radius 1 is 1.17 bits per heavy atom. The Morgan fingerprint density at radius 3 is 2.83 bits per heavy atom. The van der Waals surface area contributed by atoms with E-state index in [0.717, 1.165) is 24.8 Å². The van der Waals surface area contributed by atoms with Gasteiger partial charge in [0.2, 0.25) is 0 Å². The molecular formula is C19H23NO4. The zero-order valence-corrected chi connectivity index (χ0v) is 13.8. The molecule has 5 heteroatoms. The molecule has 1 heterocycles. The second-order valence-electron chi connectivity index (χ2n) is 5.62. The van der Waals surface area contributed by atoms with Crippen LogP contribution in [0.3, 0.4) is 0 Å². The average molecular weight is 329 g/mol. The van der Waals surface area contributed by atoms with Crippen LogP contribution in [0.4, 0.5) is 4.79 Å². The fourth-order valence-electron chi connectivity index (χ4n) is 2.27. The molecule has 0 atom stereocenters. The number of carbonyl (C=O) groups is 2. The Morgan fingerprint density at radius 2 is 2.00 bits per heavy atom. The largest absolute Gasteiger partial charge is 0.466 e. The molecule has 0 radical (unpaired) electrons. The molecule has 0 bridgehead atoms. The minimum atomic E-state index is -0.423. The zero-order chi connectivity index (χ0) is 17.0. The lowest BCUT2D eigenvalue weighted by molar-refractivity contribution is -0.143. The van der Waals surface area contributed by atoms with Crippen molar-refractivity contribution in [1.29, 1.82) is 0 Å². The molecule has 0 aromatic heterocycles. The smallest absolute Gasteiger partial charge is 0.421 e. The predicted octanol–water partition coefficient (Wildman–Crippen LogP) is 3.48. The highest BCUT2D eigenvalue weighted by Crippen LogP contribution is 2.07. The van der Waals surface area contributed by atoms with Gasteiger partial charge in [-0.15, -0.1) is 0 Å². The van der Waals surface area contributed by atoms with E-state index in [4.69, 9.17) is 9.47 Å². The number of carbonyl (C=O) groups excluding carboxylic acids is 2. The second kappa shape index (κ2) is 10.3. The first-order valence-corrected chi connectivity index (χ1v) is 8.38. The van der Waals surface area contributed by atoms with Gasteiger partial charge in [-0.2, -0.15) is 0 Å². The maximum absolute atomic E-state index is 12.2. The van der Waals surface area contributed by atoms with Crippen LogP contribution in [-0.2, 0) is 20.9 Å². The zero-order valence-electron chi connectivity index (χ0n) is 13.8. The van der Waals surface area contributed by atoms with Crippen molar-refractivity contribution < 1.29 is 19.1 Å². The summed E-state index contributed by atoms with van der Waals surface area (Å²) >= 11 is 0. The Kier molecular flexibility index (Phi) is 7.69. The van der Waals surface area contributed by atoms with Crippen LogP contribution in [0.15, 0.2) is 30.3 Å². The van der Waals surface area contributed by atoms with Crippen LogP contribution >= 0.6 is 0 Å². The van der Waals surface area contributed by atoms with Gasteiger partial charge in [0.05, 0.1) is 6.61 Å². The van der Waals surface area contributed by atoms with Crippen LogP contribution in [0.2, 0.25) is 0 Å². The van der Waals surface area contributed by atoms with Gasteiger partial charge in [-0.05, 0) is 31.2 Å². The first-order valence-electron chi connectivity index (χ1n) is 8.38. The molecule has 0 fully saturated rings. The fraction of sp³-hybridized carbons (Fsp3) is 0.474. The quantitative estimate of drug-likeness (QED) is 0.616. The molecule has 24 heavy (non-hydrogen) atoms. The number of esters is 1. The van der Waals surface area contributed by atoms with Crippen LogP contribution in [0.5, 0.6) is 0 Å². The third kappa shape index (κ3) is 6.74. The lowest BCUT2D eigenvalue weighted by atomic mass is 10.2. The first-order chi connectivity index (χ1) is 11.8. The molecule has 1 aromatic carbocycles. The van der Waals surface area contributed by atoms with Gasteiger partial charge in [0, 0.05) is 25.4 Å². The standard InChI is InChI=1S/C19H23NO4/c21-18-12-6-2-7-13-20(14-8-3-9-15-23-18)19(22)24-16-17-10-4-1-5-11-17/h1,4-5,10-11H,2-3,6,8-9,12,14-16H2. The van der Waals surface area contributed by atoms with Crippen molar-refractivity contribution in [2.45, 2.75) is 45.1 Å². The lowest BCUT2D eigenvalue weighted by Crippen LogP contribution is -2.28. The summed E-state index contributed by atoms with van der Waals surface area (Å²) in [6.45, 7) is 1.20. The number of hydrogen-bond donors (Lipinski definition) is 0. The Hall–Kier alpha value is -2.48. The molecule has 0 unspecified atom stereocenters. The van der Waals surface area contributed by atoms with Gasteiger partial charge in [-0.1, -0.05) is 36.3 Å². The average Bonchev–Trinajstić information content (AvgIpc) is 2.62. The molecule has 0 aliphatic carbocycles. The number of amides is 1. The normalized spacial score (nSPS) is 16.5. The fourth-order valence-corrected chi connectivity index (χ4v) is 2.27. The van der Waals surface area contributed by atoms with Crippen molar-refractivity contribution in [2.75, 3.05) is 13.2 Å². The van der Waals surface area contributed by atoms with Crippen LogP contribution in [0, 0.1) is 12.0 Å². The molecule has 0 N–H and O–H groups in total. The van der Waals surface area contributed by atoms with Gasteiger partial charge in [0.25, 0.3) is 0 Å². The molecule has 1 aromatic rings. The molecule has 5 nitrogen and oxygen atoms in total. The molecule has 0 spiro atoms. The van der Waals surface area contributed by atoms with Gasteiger partial charge >= 0.3 is 12.1 Å². The van der Waals surface area contributed by atoms with Crippen molar-refractivity contribution in [3.8, 4) is 12.0 Å². The highest BCUT2D eigenvalue weighted by Gasteiger charge is 2.13. The van der Waals surface area contributed by atoms with Gasteiger partial charge < -0.3 is 9.47 Å². The number of hydrogen-bond acceptors (Lipinski definition) is 4. The van der Waals surface area contributed by atoms with Crippen LogP contribution in [0.25, 0.3) is 0 Å². The van der Waals surface area contributed by atoms with E-state index < -0.39 is 6.09 Å². The molecule has 128 valence electrons. The molecule has 1 aliphatic heterocycles. The van der Waals surface area contributed by atoms with E-state index >= 15 is 0 Å². The molecule has 0 saturated carbocycles. The summed E-state index contributed by atoms with van der Waals surface area (Å²) < 4.78 is 10.5. The lowest BCUT2D eigenvalue weighted by Gasteiger charge is -2.15. The van der Waals surface area contributed by atoms with Crippen molar-refractivity contribution in [2.24, 2.45) is 0 Å². The highest BCUT2D eigenvalue weighted by atomic mass is 16.6. The molecule has 0 saturated heterocycles. The third-order valence-electron chi connectivity index (χ3n) is 3.61. The summed E-state index contributed by atoms with van der Waals surface area (Å²) in [4.78, 5) is 25.1. The Bertz CT molecular complexity index is 588. The Balaban J connectivity index is 1.88. The van der Waals surface area contributed by atoms with Crippen LogP contribution in [0.1, 0.15) is 44.1 Å². The minimum Gasteiger partial charge on any atom is -0.466 e. The summed E-state index contributed by atoms with van der Waals surface area (Å²) in [6, 6.07) is 12.4. The van der Waals surface area contributed by atoms with E-state index in [0.29, 0.717) is 32.4 Å². The van der Waals surface area contributed by atoms with E-state index in [2.05, 4.69) is 12.0 Å². The van der Waals surface area contributed by atoms with Crippen LogP contribution in [-0.4, -0.2) is 30.1 Å². The van der Waals surface area contributed by atoms with Crippen molar-refractivity contribution >= 4 is 12.1 Å². The summed E-state index contributed by atoms with van der Waals surface area (Å²) in [5.74, 6) is 2.77. The Labute approximate surface area is 142 Å². The monoisotopic (exact) mass is 329 g/mol.